The Bertz CT molecular complexity index is 1960. The maximum Gasteiger partial charge on any atom is 0.323 e. The summed E-state index contributed by atoms with van der Waals surface area (Å²) in [6, 6.07) is 7.85. The van der Waals surface area contributed by atoms with Crippen LogP contribution in [0.15, 0.2) is 46.2 Å². The average molecular weight is 662 g/mol. The second-order valence-electron chi connectivity index (χ2n) is 8.58. The molecule has 0 aliphatic rings. The third-order valence-electron chi connectivity index (χ3n) is 5.47. The van der Waals surface area contributed by atoms with Gasteiger partial charge in [-0.25, -0.2) is 0 Å². The molecule has 2 aromatic heterocycles. The van der Waals surface area contributed by atoms with Gasteiger partial charge >= 0.3 is 22.1 Å². The fraction of sp³-hybridized carbons (Fsp3) is 0.167. The van der Waals surface area contributed by atoms with Crippen LogP contribution >= 0.6 is 0 Å². The zero-order chi connectivity index (χ0) is 32.8. The second-order valence-corrected chi connectivity index (χ2v) is 11.5. The molecule has 0 spiro atoms. The third-order valence-corrected chi connectivity index (χ3v) is 7.52. The largest absolute Gasteiger partial charge is 0.464 e. The summed E-state index contributed by atoms with van der Waals surface area (Å²) in [6.45, 7) is 3.97. The summed E-state index contributed by atoms with van der Waals surface area (Å²) >= 11 is 0. The number of benzene rings is 2. The molecule has 0 aliphatic carbocycles. The molecule has 0 saturated heterocycles. The van der Waals surface area contributed by atoms with Gasteiger partial charge in [0, 0.05) is 11.4 Å². The molecule has 0 fully saturated rings. The Labute approximate surface area is 256 Å². The van der Waals surface area contributed by atoms with E-state index in [1.54, 1.807) is 13.8 Å². The topological polar surface area (TPSA) is 296 Å². The summed E-state index contributed by atoms with van der Waals surface area (Å²) in [7, 11) is -9.28. The van der Waals surface area contributed by atoms with Crippen molar-refractivity contribution >= 4 is 67.6 Å². The zero-order valence-electron chi connectivity index (χ0n) is 23.6. The van der Waals surface area contributed by atoms with Gasteiger partial charge in [-0.3, -0.25) is 4.55 Å². The minimum atomic E-state index is -4.78. The van der Waals surface area contributed by atoms with E-state index in [9.17, 15) is 21.4 Å². The number of ether oxygens (including phenoxy) is 2. The van der Waals surface area contributed by atoms with Gasteiger partial charge in [0.1, 0.15) is 9.79 Å². The van der Waals surface area contributed by atoms with E-state index in [0.29, 0.717) is 0 Å². The first kappa shape index (κ1) is 32.7. The van der Waals surface area contributed by atoms with Gasteiger partial charge in [-0.05, 0) is 49.2 Å². The van der Waals surface area contributed by atoms with Crippen molar-refractivity contribution in [2.45, 2.75) is 23.6 Å². The number of hydrogen-bond donors (Lipinski definition) is 6. The average Bonchev–Trinajstić information content (AvgIpc) is 2.96. The third kappa shape index (κ3) is 8.45. The van der Waals surface area contributed by atoms with Crippen LogP contribution in [0, 0.1) is 0 Å². The van der Waals surface area contributed by atoms with Crippen LogP contribution in [0.25, 0.3) is 12.2 Å². The van der Waals surface area contributed by atoms with E-state index in [-0.39, 0.29) is 71.5 Å². The Balaban J connectivity index is 1.68. The minimum absolute atomic E-state index is 0.00320. The highest BCUT2D eigenvalue weighted by atomic mass is 32.2. The minimum Gasteiger partial charge on any atom is -0.464 e. The van der Waals surface area contributed by atoms with Crippen molar-refractivity contribution in [1.82, 2.24) is 29.9 Å². The van der Waals surface area contributed by atoms with E-state index in [1.807, 2.05) is 0 Å². The number of aromatic nitrogens is 6. The lowest BCUT2D eigenvalue weighted by molar-refractivity contribution is 0.312. The lowest BCUT2D eigenvalue weighted by Crippen LogP contribution is -2.13. The first-order chi connectivity index (χ1) is 21.3. The molecule has 4 rings (SSSR count). The Morgan fingerprint density at radius 1 is 0.733 bits per heavy atom. The molecule has 45 heavy (non-hydrogen) atoms. The molecule has 19 nitrogen and oxygen atoms in total. The van der Waals surface area contributed by atoms with Crippen molar-refractivity contribution in [3.05, 3.63) is 47.5 Å². The number of rotatable bonds is 13. The highest BCUT2D eigenvalue weighted by molar-refractivity contribution is 7.86. The highest BCUT2D eigenvalue weighted by Gasteiger charge is 2.20. The summed E-state index contributed by atoms with van der Waals surface area (Å²) in [5.74, 6) is 4.67. The van der Waals surface area contributed by atoms with Crippen LogP contribution in [0.1, 0.15) is 25.0 Å². The Morgan fingerprint density at radius 3 is 1.60 bits per heavy atom. The molecule has 21 heteroatoms. The van der Waals surface area contributed by atoms with Crippen LogP contribution in [0.4, 0.5) is 35.2 Å². The Morgan fingerprint density at radius 2 is 1.18 bits per heavy atom. The Kier molecular flexibility index (Phi) is 9.88. The van der Waals surface area contributed by atoms with Crippen molar-refractivity contribution in [3.8, 4) is 12.0 Å². The van der Waals surface area contributed by atoms with Gasteiger partial charge in [0.25, 0.3) is 10.1 Å². The first-order valence-electron chi connectivity index (χ1n) is 12.7. The molecule has 4 aromatic rings. The number of anilines is 6. The molecule has 0 aliphatic heterocycles. The van der Waals surface area contributed by atoms with Crippen LogP contribution < -0.4 is 37.5 Å². The molecule has 238 valence electrons. The molecule has 2 aromatic carbocycles. The van der Waals surface area contributed by atoms with Crippen molar-refractivity contribution < 1.29 is 35.1 Å². The van der Waals surface area contributed by atoms with Crippen LogP contribution in [0.3, 0.4) is 0 Å². The number of nitrogens with two attached hydrogens (primary N) is 3. The number of nitrogen functional groups attached to an aromatic ring is 2. The fourth-order valence-corrected chi connectivity index (χ4v) is 5.18. The van der Waals surface area contributed by atoms with Crippen molar-refractivity contribution in [1.29, 1.82) is 0 Å². The lowest BCUT2D eigenvalue weighted by atomic mass is 10.1. The van der Waals surface area contributed by atoms with Gasteiger partial charge in [-0.15, -0.1) is 0 Å². The van der Waals surface area contributed by atoms with E-state index in [0.717, 1.165) is 6.07 Å². The number of nitrogens with zero attached hydrogens (tertiary/aromatic N) is 6. The van der Waals surface area contributed by atoms with Gasteiger partial charge in [0.15, 0.2) is 0 Å². The first-order valence-corrected chi connectivity index (χ1v) is 15.6. The second kappa shape index (κ2) is 13.6. The summed E-state index contributed by atoms with van der Waals surface area (Å²) in [4.78, 5) is 22.7. The molecular formula is C24H27N11O8S2. The monoisotopic (exact) mass is 661 g/mol. The van der Waals surface area contributed by atoms with Gasteiger partial charge in [0.05, 0.1) is 13.2 Å². The maximum absolute atomic E-state index is 12.7. The lowest BCUT2D eigenvalue weighted by Gasteiger charge is -2.11. The molecule has 0 saturated carbocycles. The van der Waals surface area contributed by atoms with Gasteiger partial charge < -0.3 is 31.6 Å². The SMILES string of the molecule is CCOc1nc(N)nc(Nc2ccc(/C=C/c3ccc(Nc4nc(N)nc(OCC)n4)cc3S(=O)(=O)ON)c(S(=O)(=O)O)c2)n1. The van der Waals surface area contributed by atoms with Crippen molar-refractivity contribution in [3.63, 3.8) is 0 Å². The fourth-order valence-electron chi connectivity index (χ4n) is 3.67. The number of hydrogen-bond acceptors (Lipinski definition) is 18. The molecule has 0 atom stereocenters. The highest BCUT2D eigenvalue weighted by Crippen LogP contribution is 2.28. The molecule has 0 radical (unpaired) electrons. The molecular weight excluding hydrogens is 634 g/mol. The van der Waals surface area contributed by atoms with Gasteiger partial charge in [-0.1, -0.05) is 24.3 Å². The summed E-state index contributed by atoms with van der Waals surface area (Å²) in [6.07, 6.45) is 2.54. The van der Waals surface area contributed by atoms with Crippen LogP contribution in [0.2, 0.25) is 0 Å². The van der Waals surface area contributed by atoms with E-state index in [4.69, 9.17) is 26.8 Å². The smallest absolute Gasteiger partial charge is 0.323 e. The van der Waals surface area contributed by atoms with E-state index < -0.39 is 30.0 Å². The molecule has 0 bridgehead atoms. The van der Waals surface area contributed by atoms with Crippen LogP contribution in [-0.2, 0) is 24.5 Å². The van der Waals surface area contributed by atoms with Crippen molar-refractivity contribution in [2.24, 2.45) is 5.90 Å². The molecule has 0 unspecified atom stereocenters. The van der Waals surface area contributed by atoms with Gasteiger partial charge in [-0.2, -0.15) is 56.9 Å². The van der Waals surface area contributed by atoms with E-state index >= 15 is 0 Å². The van der Waals surface area contributed by atoms with Crippen LogP contribution in [0.5, 0.6) is 12.0 Å². The predicted octanol–water partition coefficient (Wildman–Crippen LogP) is 1.50. The molecule has 0 amide bonds. The normalized spacial score (nSPS) is 11.8. The standard InChI is InChI=1S/C24H27N11O8S2/c1-3-41-23-32-19(25)30-21(34-23)28-15-9-7-13(17(11-15)44(36,37)38)5-6-14-8-10-16(12-18(14)45(39,40)43-27)29-22-31-20(26)33-24(35-22)42-4-2/h5-12H,3-4,27H2,1-2H3,(H,36,37,38)(H3,25,28,30,32,34)(H3,26,29,31,33,35)/b6-5+. The van der Waals surface area contributed by atoms with E-state index in [2.05, 4.69) is 44.8 Å². The maximum atomic E-state index is 12.7. The van der Waals surface area contributed by atoms with E-state index in [1.165, 1.54) is 42.5 Å². The van der Waals surface area contributed by atoms with Crippen molar-refractivity contribution in [2.75, 3.05) is 35.3 Å². The molecule has 2 heterocycles. The summed E-state index contributed by atoms with van der Waals surface area (Å²) < 4.78 is 74.6. The van der Waals surface area contributed by atoms with Crippen LogP contribution in [-0.4, -0.2) is 64.5 Å². The summed E-state index contributed by atoms with van der Waals surface area (Å²) in [5, 5.41) is 5.56. The molecule has 9 N–H and O–H groups in total. The van der Waals surface area contributed by atoms with Gasteiger partial charge in [0.2, 0.25) is 23.8 Å². The Hall–Kier alpha value is -5.22. The number of nitrogens with one attached hydrogen (secondary N) is 2. The quantitative estimate of drug-likeness (QED) is 0.0671. The zero-order valence-corrected chi connectivity index (χ0v) is 25.2. The summed E-state index contributed by atoms with van der Waals surface area (Å²) in [5.41, 5.74) is 11.8. The predicted molar refractivity (Wildman–Crippen MR) is 161 cm³/mol.